The van der Waals surface area contributed by atoms with Crippen molar-refractivity contribution < 1.29 is 22.4 Å². The van der Waals surface area contributed by atoms with Gasteiger partial charge in [0.15, 0.2) is 5.78 Å². The fraction of sp³-hybridized carbons (Fsp3) is 0.950. The van der Waals surface area contributed by atoms with E-state index >= 15 is 0 Å². The summed E-state index contributed by atoms with van der Waals surface area (Å²) in [5.41, 5.74) is -2.91. The van der Waals surface area contributed by atoms with Crippen molar-refractivity contribution in [3.8, 4) is 0 Å². The Morgan fingerprint density at radius 2 is 1.42 bits per heavy atom. The van der Waals surface area contributed by atoms with E-state index in [1.807, 2.05) is 41.5 Å². The standard InChI is InChI=1S/C19H31F4NO.CH4/c1-15(2,3)14(25)13(24-16(4,5)6)11-12-7-9-17(10-8-12)18(20,21)19(17,22)23;/h12-13,24H,7-11H2,1-6H3;1H4. The Hall–Kier alpha value is -0.650. The monoisotopic (exact) mass is 381 g/mol. The van der Waals surface area contributed by atoms with Gasteiger partial charge in [0.25, 0.3) is 0 Å². The normalized spacial score (nSPS) is 25.5. The van der Waals surface area contributed by atoms with Gasteiger partial charge in [-0.3, -0.25) is 4.79 Å². The minimum atomic E-state index is -3.87. The minimum absolute atomic E-state index is 0. The lowest BCUT2D eigenvalue weighted by Gasteiger charge is -2.36. The van der Waals surface area contributed by atoms with E-state index in [9.17, 15) is 22.4 Å². The Balaban J connectivity index is 0.00000338. The molecule has 0 aromatic carbocycles. The Morgan fingerprint density at radius 3 is 1.73 bits per heavy atom. The molecule has 2 saturated carbocycles. The molecular weight excluding hydrogens is 346 g/mol. The second-order valence-corrected chi connectivity index (χ2v) is 9.97. The van der Waals surface area contributed by atoms with Gasteiger partial charge in [-0.15, -0.1) is 0 Å². The molecule has 0 aliphatic heterocycles. The highest BCUT2D eigenvalue weighted by molar-refractivity contribution is 5.88. The van der Waals surface area contributed by atoms with E-state index < -0.39 is 22.7 Å². The third-order valence-corrected chi connectivity index (χ3v) is 5.72. The lowest BCUT2D eigenvalue weighted by molar-refractivity contribution is -0.129. The molecular formula is C20H35F4NO. The largest absolute Gasteiger partial charge is 0.322 e. The summed E-state index contributed by atoms with van der Waals surface area (Å²) in [7, 11) is 0. The van der Waals surface area contributed by atoms with Gasteiger partial charge in [-0.05, 0) is 58.8 Å². The van der Waals surface area contributed by atoms with Gasteiger partial charge >= 0.3 is 11.8 Å². The first-order valence-corrected chi connectivity index (χ1v) is 9.13. The maximum Gasteiger partial charge on any atom is 0.322 e. The number of halogens is 4. The van der Waals surface area contributed by atoms with Crippen LogP contribution in [0, 0.1) is 16.7 Å². The van der Waals surface area contributed by atoms with Crippen molar-refractivity contribution in [2.75, 3.05) is 0 Å². The fourth-order valence-corrected chi connectivity index (χ4v) is 4.17. The fourth-order valence-electron chi connectivity index (χ4n) is 4.17. The molecule has 0 heterocycles. The molecule has 0 saturated heterocycles. The molecule has 0 radical (unpaired) electrons. The first kappa shape index (κ1) is 23.4. The molecule has 0 amide bonds. The number of alkyl halides is 4. The third-order valence-electron chi connectivity index (χ3n) is 5.72. The van der Waals surface area contributed by atoms with E-state index in [0.717, 1.165) is 0 Å². The number of hydrogen-bond donors (Lipinski definition) is 1. The number of carbonyl (C=O) groups is 1. The summed E-state index contributed by atoms with van der Waals surface area (Å²) in [4.78, 5) is 12.8. The van der Waals surface area contributed by atoms with Crippen LogP contribution in [-0.2, 0) is 4.79 Å². The van der Waals surface area contributed by atoms with Crippen LogP contribution in [0.4, 0.5) is 17.6 Å². The molecule has 154 valence electrons. The SMILES string of the molecule is C.CC(C)(C)NC(CC1CCC2(CC1)C(F)(F)C2(F)F)C(=O)C(C)(C)C. The molecule has 1 N–H and O–H groups in total. The predicted molar refractivity (Wildman–Crippen MR) is 96.8 cm³/mol. The Kier molecular flexibility index (Phi) is 6.07. The zero-order valence-electron chi connectivity index (χ0n) is 16.1. The summed E-state index contributed by atoms with van der Waals surface area (Å²) < 4.78 is 54.1. The van der Waals surface area contributed by atoms with E-state index in [0.29, 0.717) is 19.3 Å². The molecule has 2 aliphatic rings. The predicted octanol–water partition coefficient (Wildman–Crippen LogP) is 5.85. The average Bonchev–Trinajstić information content (AvgIpc) is 2.75. The summed E-state index contributed by atoms with van der Waals surface area (Å²) in [5, 5.41) is 3.33. The second-order valence-electron chi connectivity index (χ2n) is 9.97. The van der Waals surface area contributed by atoms with E-state index in [2.05, 4.69) is 5.32 Å². The van der Waals surface area contributed by atoms with Crippen molar-refractivity contribution in [1.82, 2.24) is 5.32 Å². The van der Waals surface area contributed by atoms with Crippen LogP contribution in [0.3, 0.4) is 0 Å². The minimum Gasteiger partial charge on any atom is -0.303 e. The van der Waals surface area contributed by atoms with Crippen molar-refractivity contribution in [2.24, 2.45) is 16.7 Å². The van der Waals surface area contributed by atoms with Crippen LogP contribution in [0.2, 0.25) is 0 Å². The maximum absolute atomic E-state index is 13.5. The van der Waals surface area contributed by atoms with Crippen molar-refractivity contribution in [3.63, 3.8) is 0 Å². The highest BCUT2D eigenvalue weighted by atomic mass is 19.3. The van der Waals surface area contributed by atoms with Gasteiger partial charge in [0.05, 0.1) is 6.04 Å². The number of Topliss-reactive ketones (excluding diaryl/α,β-unsaturated/α-hetero) is 1. The highest BCUT2D eigenvalue weighted by Gasteiger charge is 2.95. The first-order valence-electron chi connectivity index (χ1n) is 9.13. The number of hydrogen-bond acceptors (Lipinski definition) is 2. The summed E-state index contributed by atoms with van der Waals surface area (Å²) in [6.07, 6.45) is 0.837. The highest BCUT2D eigenvalue weighted by Crippen LogP contribution is 2.77. The molecule has 2 fully saturated rings. The molecule has 26 heavy (non-hydrogen) atoms. The van der Waals surface area contributed by atoms with Crippen LogP contribution >= 0.6 is 0 Å². The molecule has 6 heteroatoms. The molecule has 0 aromatic heterocycles. The Bertz CT molecular complexity index is 507. The molecule has 0 aromatic rings. The van der Waals surface area contributed by atoms with Crippen LogP contribution in [0.15, 0.2) is 0 Å². The lowest BCUT2D eigenvalue weighted by Crippen LogP contribution is -2.51. The molecule has 1 unspecified atom stereocenters. The van der Waals surface area contributed by atoms with Gasteiger partial charge in [0.1, 0.15) is 5.41 Å². The molecule has 1 atom stereocenters. The number of ketones is 1. The molecule has 0 bridgehead atoms. The zero-order valence-corrected chi connectivity index (χ0v) is 16.1. The molecule has 2 aliphatic carbocycles. The van der Waals surface area contributed by atoms with Gasteiger partial charge in [0.2, 0.25) is 0 Å². The lowest BCUT2D eigenvalue weighted by atomic mass is 9.74. The summed E-state index contributed by atoms with van der Waals surface area (Å²) in [5.74, 6) is -7.64. The quantitative estimate of drug-likeness (QED) is 0.619. The Morgan fingerprint density at radius 1 is 1.00 bits per heavy atom. The van der Waals surface area contributed by atoms with Crippen molar-refractivity contribution in [3.05, 3.63) is 0 Å². The van der Waals surface area contributed by atoms with Gasteiger partial charge in [-0.2, -0.15) is 17.6 Å². The van der Waals surface area contributed by atoms with E-state index in [1.54, 1.807) is 0 Å². The maximum atomic E-state index is 13.5. The summed E-state index contributed by atoms with van der Waals surface area (Å²) >= 11 is 0. The smallest absolute Gasteiger partial charge is 0.303 e. The Labute approximate surface area is 155 Å². The van der Waals surface area contributed by atoms with Gasteiger partial charge < -0.3 is 5.32 Å². The van der Waals surface area contributed by atoms with E-state index in [-0.39, 0.29) is 43.6 Å². The van der Waals surface area contributed by atoms with E-state index in [1.165, 1.54) is 0 Å². The van der Waals surface area contributed by atoms with Gasteiger partial charge in [-0.1, -0.05) is 28.2 Å². The second kappa shape index (κ2) is 6.75. The number of carbonyl (C=O) groups excluding carboxylic acids is 1. The first-order chi connectivity index (χ1) is 11.1. The van der Waals surface area contributed by atoms with Crippen LogP contribution in [-0.4, -0.2) is 29.2 Å². The zero-order chi connectivity index (χ0) is 19.5. The van der Waals surface area contributed by atoms with Crippen molar-refractivity contribution >= 4 is 5.78 Å². The molecule has 1 spiro atoms. The van der Waals surface area contributed by atoms with Crippen LogP contribution in [0.25, 0.3) is 0 Å². The topological polar surface area (TPSA) is 29.1 Å². The van der Waals surface area contributed by atoms with Crippen LogP contribution < -0.4 is 5.32 Å². The van der Waals surface area contributed by atoms with Gasteiger partial charge in [-0.25, -0.2) is 0 Å². The van der Waals surface area contributed by atoms with Crippen molar-refractivity contribution in [1.29, 1.82) is 0 Å². The molecule has 2 nitrogen and oxygen atoms in total. The number of rotatable bonds is 4. The third kappa shape index (κ3) is 3.81. The average molecular weight is 381 g/mol. The van der Waals surface area contributed by atoms with Crippen molar-refractivity contribution in [2.45, 2.75) is 104 Å². The van der Waals surface area contributed by atoms with Crippen LogP contribution in [0.1, 0.15) is 81.1 Å². The number of nitrogens with one attached hydrogen (secondary N) is 1. The molecule has 2 rings (SSSR count). The van der Waals surface area contributed by atoms with E-state index in [4.69, 9.17) is 0 Å². The van der Waals surface area contributed by atoms with Gasteiger partial charge in [0, 0.05) is 11.0 Å². The summed E-state index contributed by atoms with van der Waals surface area (Å²) in [6.45, 7) is 11.5. The summed E-state index contributed by atoms with van der Waals surface area (Å²) in [6, 6.07) is -0.390. The van der Waals surface area contributed by atoms with Crippen LogP contribution in [0.5, 0.6) is 0 Å².